The summed E-state index contributed by atoms with van der Waals surface area (Å²) in [5.74, 6) is 0.449. The summed E-state index contributed by atoms with van der Waals surface area (Å²) in [6, 6.07) is 17.4. The molecule has 0 saturated carbocycles. The number of rotatable bonds is 2. The number of methoxy groups -OCH3 is 1. The molecule has 0 unspecified atom stereocenters. The van der Waals surface area contributed by atoms with Gasteiger partial charge < -0.3 is 15.2 Å². The molecule has 120 valence electrons. The van der Waals surface area contributed by atoms with Crippen molar-refractivity contribution in [3.63, 3.8) is 0 Å². The molecule has 0 bridgehead atoms. The Balaban J connectivity index is 1.90. The van der Waals surface area contributed by atoms with Gasteiger partial charge in [-0.2, -0.15) is 0 Å². The molecule has 4 nitrogen and oxygen atoms in total. The predicted molar refractivity (Wildman–Crippen MR) is 93.7 cm³/mol. The number of ether oxygens (including phenoxy) is 1. The van der Waals surface area contributed by atoms with Crippen LogP contribution >= 0.6 is 0 Å². The zero-order chi connectivity index (χ0) is 16.7. The van der Waals surface area contributed by atoms with Gasteiger partial charge in [-0.05, 0) is 28.6 Å². The van der Waals surface area contributed by atoms with Gasteiger partial charge in [0.05, 0.1) is 12.8 Å². The van der Waals surface area contributed by atoms with Crippen LogP contribution in [0.15, 0.2) is 54.6 Å². The number of carbonyl (C=O) groups excluding carboxylic acids is 1. The highest BCUT2D eigenvalue weighted by atomic mass is 16.5. The molecular weight excluding hydrogens is 302 g/mol. The van der Waals surface area contributed by atoms with E-state index in [2.05, 4.69) is 17.4 Å². The Morgan fingerprint density at radius 3 is 2.79 bits per heavy atom. The van der Waals surface area contributed by atoms with Gasteiger partial charge in [0, 0.05) is 17.7 Å². The number of amides is 1. The third kappa shape index (κ3) is 2.27. The number of nitrogens with one attached hydrogen (secondary N) is 1. The highest BCUT2D eigenvalue weighted by Gasteiger charge is 2.28. The molecule has 1 heterocycles. The lowest BCUT2D eigenvalue weighted by Crippen LogP contribution is -2.23. The second-order valence-corrected chi connectivity index (χ2v) is 5.99. The minimum absolute atomic E-state index is 0.00380. The van der Waals surface area contributed by atoms with E-state index in [0.717, 1.165) is 27.6 Å². The van der Waals surface area contributed by atoms with E-state index in [1.54, 1.807) is 12.1 Å². The minimum atomic E-state index is -0.0622. The van der Waals surface area contributed by atoms with Crippen molar-refractivity contribution < 1.29 is 14.6 Å². The number of aromatic hydroxyl groups is 1. The number of hydrogen-bond donors (Lipinski definition) is 2. The van der Waals surface area contributed by atoms with Gasteiger partial charge in [-0.1, -0.05) is 42.5 Å². The highest BCUT2D eigenvalue weighted by molar-refractivity contribution is 6.06. The lowest BCUT2D eigenvalue weighted by molar-refractivity contribution is -0.116. The molecule has 4 heteroatoms. The number of anilines is 1. The Morgan fingerprint density at radius 1 is 1.12 bits per heavy atom. The molecule has 0 aromatic heterocycles. The third-order valence-corrected chi connectivity index (χ3v) is 4.60. The highest BCUT2D eigenvalue weighted by Crippen LogP contribution is 2.42. The van der Waals surface area contributed by atoms with Crippen molar-refractivity contribution >= 4 is 22.4 Å². The first-order chi connectivity index (χ1) is 11.7. The molecule has 1 atom stereocenters. The van der Waals surface area contributed by atoms with Crippen LogP contribution in [-0.4, -0.2) is 18.1 Å². The van der Waals surface area contributed by atoms with Crippen LogP contribution in [0.2, 0.25) is 0 Å². The van der Waals surface area contributed by atoms with Gasteiger partial charge in [0.2, 0.25) is 5.91 Å². The molecule has 4 rings (SSSR count). The molecule has 24 heavy (non-hydrogen) atoms. The van der Waals surface area contributed by atoms with E-state index in [1.165, 1.54) is 7.11 Å². The van der Waals surface area contributed by atoms with E-state index in [0.29, 0.717) is 12.2 Å². The van der Waals surface area contributed by atoms with E-state index in [-0.39, 0.29) is 17.6 Å². The molecule has 1 aliphatic rings. The van der Waals surface area contributed by atoms with Crippen molar-refractivity contribution in [2.24, 2.45) is 0 Å². The Labute approximate surface area is 139 Å². The smallest absolute Gasteiger partial charge is 0.225 e. The van der Waals surface area contributed by atoms with Crippen LogP contribution in [0.3, 0.4) is 0 Å². The monoisotopic (exact) mass is 319 g/mol. The van der Waals surface area contributed by atoms with Crippen molar-refractivity contribution in [1.82, 2.24) is 0 Å². The zero-order valence-electron chi connectivity index (χ0n) is 13.2. The summed E-state index contributed by atoms with van der Waals surface area (Å²) in [5.41, 5.74) is 2.92. The van der Waals surface area contributed by atoms with Crippen molar-refractivity contribution in [2.75, 3.05) is 12.4 Å². The van der Waals surface area contributed by atoms with E-state index in [9.17, 15) is 9.90 Å². The molecule has 0 aliphatic carbocycles. The zero-order valence-corrected chi connectivity index (χ0v) is 13.2. The van der Waals surface area contributed by atoms with Crippen LogP contribution in [0, 0.1) is 0 Å². The molecule has 1 amide bonds. The Bertz CT molecular complexity index is 949. The normalized spacial score (nSPS) is 16.5. The summed E-state index contributed by atoms with van der Waals surface area (Å²) in [7, 11) is 1.52. The molecule has 3 aromatic carbocycles. The van der Waals surface area contributed by atoms with Gasteiger partial charge >= 0.3 is 0 Å². The SMILES string of the molecule is COc1cc([C@@H]2CC(=O)Nc3c2ccc2ccccc32)ccc1O. The lowest BCUT2D eigenvalue weighted by atomic mass is 9.83. The average molecular weight is 319 g/mol. The van der Waals surface area contributed by atoms with Crippen LogP contribution < -0.4 is 10.1 Å². The minimum Gasteiger partial charge on any atom is -0.504 e. The van der Waals surface area contributed by atoms with Gasteiger partial charge in [0.15, 0.2) is 11.5 Å². The molecule has 0 fully saturated rings. The first kappa shape index (κ1) is 14.6. The topological polar surface area (TPSA) is 58.6 Å². The van der Waals surface area contributed by atoms with Crippen molar-refractivity contribution in [2.45, 2.75) is 12.3 Å². The van der Waals surface area contributed by atoms with Gasteiger partial charge in [-0.3, -0.25) is 4.79 Å². The van der Waals surface area contributed by atoms with Gasteiger partial charge in [0.1, 0.15) is 0 Å². The quantitative estimate of drug-likeness (QED) is 0.750. The second-order valence-electron chi connectivity index (χ2n) is 5.99. The fourth-order valence-electron chi connectivity index (χ4n) is 3.41. The summed E-state index contributed by atoms with van der Waals surface area (Å²) >= 11 is 0. The number of carbonyl (C=O) groups is 1. The Kier molecular flexibility index (Phi) is 3.38. The summed E-state index contributed by atoms with van der Waals surface area (Å²) in [4.78, 5) is 12.3. The first-order valence-corrected chi connectivity index (χ1v) is 7.86. The Morgan fingerprint density at radius 2 is 1.96 bits per heavy atom. The summed E-state index contributed by atoms with van der Waals surface area (Å²) in [5, 5.41) is 15.0. The van der Waals surface area contributed by atoms with E-state index >= 15 is 0 Å². The number of phenolic OH excluding ortho intramolecular Hbond substituents is 1. The van der Waals surface area contributed by atoms with Crippen LogP contribution in [0.1, 0.15) is 23.5 Å². The summed E-state index contributed by atoms with van der Waals surface area (Å²) in [6.45, 7) is 0. The van der Waals surface area contributed by atoms with E-state index in [4.69, 9.17) is 4.74 Å². The molecule has 3 aromatic rings. The Hall–Kier alpha value is -3.01. The third-order valence-electron chi connectivity index (χ3n) is 4.60. The maximum absolute atomic E-state index is 12.3. The molecule has 0 radical (unpaired) electrons. The van der Waals surface area contributed by atoms with Crippen LogP contribution in [0.25, 0.3) is 10.8 Å². The molecule has 1 aliphatic heterocycles. The fraction of sp³-hybridized carbons (Fsp3) is 0.150. The number of phenols is 1. The van der Waals surface area contributed by atoms with Crippen LogP contribution in [0.5, 0.6) is 11.5 Å². The number of fused-ring (bicyclic) bond motifs is 3. The molecule has 2 N–H and O–H groups in total. The largest absolute Gasteiger partial charge is 0.504 e. The van der Waals surface area contributed by atoms with Crippen molar-refractivity contribution in [3.8, 4) is 11.5 Å². The van der Waals surface area contributed by atoms with E-state index in [1.807, 2.05) is 30.3 Å². The average Bonchev–Trinajstić information content (AvgIpc) is 2.61. The van der Waals surface area contributed by atoms with Gasteiger partial charge in [-0.15, -0.1) is 0 Å². The van der Waals surface area contributed by atoms with Gasteiger partial charge in [-0.25, -0.2) is 0 Å². The number of hydrogen-bond acceptors (Lipinski definition) is 3. The molecule has 0 spiro atoms. The van der Waals surface area contributed by atoms with Crippen molar-refractivity contribution in [1.29, 1.82) is 0 Å². The lowest BCUT2D eigenvalue weighted by Gasteiger charge is -2.27. The summed E-state index contributed by atoms with van der Waals surface area (Å²) in [6.07, 6.45) is 0.374. The number of benzene rings is 3. The molecular formula is C20H17NO3. The van der Waals surface area contributed by atoms with Crippen LogP contribution in [-0.2, 0) is 4.79 Å². The maximum Gasteiger partial charge on any atom is 0.225 e. The first-order valence-electron chi connectivity index (χ1n) is 7.86. The van der Waals surface area contributed by atoms with E-state index < -0.39 is 0 Å². The van der Waals surface area contributed by atoms with Crippen molar-refractivity contribution in [3.05, 3.63) is 65.7 Å². The second kappa shape index (κ2) is 5.57. The predicted octanol–water partition coefficient (Wildman–Crippen LogP) is 4.03. The standard InChI is InChI=1S/C20H17NO3/c1-24-18-10-13(7-9-17(18)22)16-11-19(23)21-20-14-5-3-2-4-12(14)6-8-15(16)20/h2-10,16,22H,11H2,1H3,(H,21,23)/t16-/m0/s1. The summed E-state index contributed by atoms with van der Waals surface area (Å²) < 4.78 is 5.21. The maximum atomic E-state index is 12.3. The van der Waals surface area contributed by atoms with Gasteiger partial charge in [0.25, 0.3) is 0 Å². The molecule has 0 saturated heterocycles. The fourth-order valence-corrected chi connectivity index (χ4v) is 3.41. The van der Waals surface area contributed by atoms with Crippen LogP contribution in [0.4, 0.5) is 5.69 Å².